The molecule has 29 heavy (non-hydrogen) atoms. The van der Waals surface area contributed by atoms with Gasteiger partial charge in [0, 0.05) is 35.6 Å². The molecule has 1 aliphatic rings. The van der Waals surface area contributed by atoms with E-state index in [0.717, 1.165) is 27.5 Å². The minimum atomic E-state index is -0.654. The molecule has 1 aliphatic heterocycles. The number of hydrogen-bond acceptors (Lipinski definition) is 5. The maximum absolute atomic E-state index is 12.8. The zero-order chi connectivity index (χ0) is 20.4. The van der Waals surface area contributed by atoms with E-state index < -0.39 is 5.92 Å². The number of rotatable bonds is 5. The maximum atomic E-state index is 12.8. The van der Waals surface area contributed by atoms with Crippen LogP contribution in [0.5, 0.6) is 0 Å². The van der Waals surface area contributed by atoms with Crippen LogP contribution in [0.1, 0.15) is 30.0 Å². The molecule has 148 valence electrons. The van der Waals surface area contributed by atoms with Crippen LogP contribution in [0.25, 0.3) is 11.3 Å². The van der Waals surface area contributed by atoms with E-state index in [0.29, 0.717) is 13.0 Å². The van der Waals surface area contributed by atoms with E-state index in [4.69, 9.17) is 0 Å². The maximum Gasteiger partial charge on any atom is 0.239 e. The second-order valence-electron chi connectivity index (χ2n) is 7.20. The fraction of sp³-hybridized carbons (Fsp3) is 0.273. The van der Waals surface area contributed by atoms with Gasteiger partial charge >= 0.3 is 0 Å². The van der Waals surface area contributed by atoms with Crippen LogP contribution in [0.2, 0.25) is 0 Å². The number of aromatic nitrogens is 2. The third-order valence-corrected chi connectivity index (χ3v) is 6.12. The van der Waals surface area contributed by atoms with E-state index in [1.807, 2.05) is 55.6 Å². The monoisotopic (exact) mass is 406 g/mol. The van der Waals surface area contributed by atoms with Gasteiger partial charge in [0.1, 0.15) is 10.9 Å². The van der Waals surface area contributed by atoms with Gasteiger partial charge in [-0.1, -0.05) is 17.7 Å². The van der Waals surface area contributed by atoms with Gasteiger partial charge in [-0.3, -0.25) is 14.6 Å². The normalized spacial score (nSPS) is 17.4. The second-order valence-corrected chi connectivity index (χ2v) is 8.09. The van der Waals surface area contributed by atoms with Crippen LogP contribution in [0, 0.1) is 12.8 Å². The van der Waals surface area contributed by atoms with Crippen molar-refractivity contribution in [3.8, 4) is 11.3 Å². The highest BCUT2D eigenvalue weighted by molar-refractivity contribution is 7.10. The first kappa shape index (κ1) is 19.3. The number of nitrogens with one attached hydrogen (secondary N) is 1. The Morgan fingerprint density at radius 3 is 2.66 bits per heavy atom. The highest BCUT2D eigenvalue weighted by Gasteiger charge is 2.38. The summed E-state index contributed by atoms with van der Waals surface area (Å²) in [6, 6.07) is 11.3. The number of thiazole rings is 1. The van der Waals surface area contributed by atoms with Crippen LogP contribution in [-0.2, 0) is 9.59 Å². The number of hydrogen-bond donors (Lipinski definition) is 1. The van der Waals surface area contributed by atoms with Crippen LogP contribution < -0.4 is 10.2 Å². The van der Waals surface area contributed by atoms with Gasteiger partial charge in [-0.15, -0.1) is 11.3 Å². The Labute approximate surface area is 173 Å². The zero-order valence-electron chi connectivity index (χ0n) is 16.3. The van der Waals surface area contributed by atoms with Crippen molar-refractivity contribution in [3.05, 3.63) is 64.7 Å². The topological polar surface area (TPSA) is 75.2 Å². The summed E-state index contributed by atoms with van der Waals surface area (Å²) >= 11 is 1.49. The molecular formula is C22H22N4O2S. The average Bonchev–Trinajstić information content (AvgIpc) is 3.37. The fourth-order valence-electron chi connectivity index (χ4n) is 3.42. The molecule has 1 saturated heterocycles. The van der Waals surface area contributed by atoms with E-state index >= 15 is 0 Å². The lowest BCUT2D eigenvalue weighted by molar-refractivity contribution is -0.132. The van der Waals surface area contributed by atoms with Crippen LogP contribution >= 0.6 is 11.3 Å². The van der Waals surface area contributed by atoms with Crippen molar-refractivity contribution in [1.82, 2.24) is 15.3 Å². The Balaban J connectivity index is 1.41. The minimum Gasteiger partial charge on any atom is -0.346 e. The molecule has 0 spiro atoms. The number of aryl methyl sites for hydroxylation is 1. The van der Waals surface area contributed by atoms with E-state index in [9.17, 15) is 9.59 Å². The number of nitrogens with zero attached hydrogens (tertiary/aromatic N) is 3. The third kappa shape index (κ3) is 4.05. The number of benzene rings is 1. The fourth-order valence-corrected chi connectivity index (χ4v) is 4.26. The quantitative estimate of drug-likeness (QED) is 0.655. The predicted octanol–water partition coefficient (Wildman–Crippen LogP) is 3.74. The van der Waals surface area contributed by atoms with Crippen molar-refractivity contribution >= 4 is 28.8 Å². The Bertz CT molecular complexity index is 1020. The molecule has 2 amide bonds. The number of pyridine rings is 1. The molecule has 2 unspecified atom stereocenters. The van der Waals surface area contributed by atoms with Crippen LogP contribution in [0.15, 0.2) is 54.2 Å². The van der Waals surface area contributed by atoms with E-state index in [1.165, 1.54) is 11.3 Å². The van der Waals surface area contributed by atoms with Crippen LogP contribution in [0.3, 0.4) is 0 Å². The first-order chi connectivity index (χ1) is 14.0. The van der Waals surface area contributed by atoms with Gasteiger partial charge in [0.15, 0.2) is 0 Å². The van der Waals surface area contributed by atoms with Crippen molar-refractivity contribution in [2.75, 3.05) is 11.4 Å². The summed E-state index contributed by atoms with van der Waals surface area (Å²) in [7, 11) is 0. The van der Waals surface area contributed by atoms with Crippen LogP contribution in [0.4, 0.5) is 5.69 Å². The molecule has 7 heteroatoms. The summed E-state index contributed by atoms with van der Waals surface area (Å²) in [4.78, 5) is 35.9. The Hall–Kier alpha value is -3.06. The van der Waals surface area contributed by atoms with Crippen LogP contribution in [-0.4, -0.2) is 28.3 Å². The van der Waals surface area contributed by atoms with Crippen molar-refractivity contribution in [1.29, 1.82) is 0 Å². The van der Waals surface area contributed by atoms with Gasteiger partial charge < -0.3 is 10.2 Å². The van der Waals surface area contributed by atoms with Gasteiger partial charge in [-0.2, -0.15) is 0 Å². The molecule has 3 aromatic rings. The van der Waals surface area contributed by atoms with Gasteiger partial charge in [-0.05, 0) is 44.5 Å². The molecule has 2 atom stereocenters. The largest absolute Gasteiger partial charge is 0.346 e. The number of carbonyl (C=O) groups is 2. The van der Waals surface area contributed by atoms with E-state index in [-0.39, 0.29) is 17.9 Å². The van der Waals surface area contributed by atoms with Crippen molar-refractivity contribution < 1.29 is 9.59 Å². The standard InChI is InChI=1S/C22H22N4O2S/c1-14-3-5-17(6-4-14)26-12-9-18(22(26)28)20(27)24-15(2)21-25-19(13-29-21)16-7-10-23-11-8-16/h3-8,10-11,13,15,18H,9,12H2,1-2H3,(H,24,27). The minimum absolute atomic E-state index is 0.143. The first-order valence-corrected chi connectivity index (χ1v) is 10.4. The molecule has 0 bridgehead atoms. The second kappa shape index (κ2) is 8.13. The highest BCUT2D eigenvalue weighted by Crippen LogP contribution is 2.28. The molecule has 3 heterocycles. The highest BCUT2D eigenvalue weighted by atomic mass is 32.1. The van der Waals surface area contributed by atoms with Gasteiger partial charge in [-0.25, -0.2) is 4.98 Å². The number of anilines is 1. The van der Waals surface area contributed by atoms with E-state index in [1.54, 1.807) is 17.3 Å². The summed E-state index contributed by atoms with van der Waals surface area (Å²) in [6.07, 6.45) is 3.97. The zero-order valence-corrected chi connectivity index (χ0v) is 17.1. The Morgan fingerprint density at radius 1 is 1.21 bits per heavy atom. The molecule has 2 aromatic heterocycles. The molecule has 0 saturated carbocycles. The first-order valence-electron chi connectivity index (χ1n) is 9.57. The van der Waals surface area contributed by atoms with E-state index in [2.05, 4.69) is 15.3 Å². The predicted molar refractivity (Wildman–Crippen MR) is 114 cm³/mol. The number of amides is 2. The third-order valence-electron chi connectivity index (χ3n) is 5.09. The lowest BCUT2D eigenvalue weighted by Crippen LogP contribution is -2.38. The van der Waals surface area contributed by atoms with Crippen molar-refractivity contribution in [3.63, 3.8) is 0 Å². The lowest BCUT2D eigenvalue weighted by Gasteiger charge is -2.18. The smallest absolute Gasteiger partial charge is 0.239 e. The molecule has 1 N–H and O–H groups in total. The molecule has 0 aliphatic carbocycles. The van der Waals surface area contributed by atoms with Gasteiger partial charge in [0.05, 0.1) is 11.7 Å². The average molecular weight is 407 g/mol. The van der Waals surface area contributed by atoms with Crippen molar-refractivity contribution in [2.45, 2.75) is 26.3 Å². The summed E-state index contributed by atoms with van der Waals surface area (Å²) in [6.45, 7) is 4.45. The molecule has 0 radical (unpaired) electrons. The molecule has 6 nitrogen and oxygen atoms in total. The summed E-state index contributed by atoms with van der Waals surface area (Å²) in [5, 5.41) is 5.74. The van der Waals surface area contributed by atoms with Gasteiger partial charge in [0.2, 0.25) is 11.8 Å². The SMILES string of the molecule is Cc1ccc(N2CCC(C(=O)NC(C)c3nc(-c4ccncc4)cs3)C2=O)cc1. The molecular weight excluding hydrogens is 384 g/mol. The van der Waals surface area contributed by atoms with Crippen molar-refractivity contribution in [2.24, 2.45) is 5.92 Å². The lowest BCUT2D eigenvalue weighted by atomic mass is 10.1. The summed E-state index contributed by atoms with van der Waals surface area (Å²) in [5.74, 6) is -1.04. The number of carbonyl (C=O) groups excluding carboxylic acids is 2. The molecule has 1 fully saturated rings. The summed E-state index contributed by atoms with van der Waals surface area (Å²) < 4.78 is 0. The Morgan fingerprint density at radius 2 is 1.93 bits per heavy atom. The summed E-state index contributed by atoms with van der Waals surface area (Å²) in [5.41, 5.74) is 3.82. The molecule has 4 rings (SSSR count). The Kier molecular flexibility index (Phi) is 5.40. The van der Waals surface area contributed by atoms with Gasteiger partial charge in [0.25, 0.3) is 0 Å². The molecule has 1 aromatic carbocycles.